The van der Waals surface area contributed by atoms with Crippen LogP contribution in [0.3, 0.4) is 0 Å². The molecule has 0 spiro atoms. The molecule has 0 aliphatic carbocycles. The summed E-state index contributed by atoms with van der Waals surface area (Å²) >= 11 is 0. The topological polar surface area (TPSA) is 84.7 Å². The SMILES string of the molecule is CC(C)N1C(=O)CO[C@H](C(=O)NCCN)[C@H]1c1ccccc1. The highest BCUT2D eigenvalue weighted by atomic mass is 16.5. The molecule has 1 aromatic carbocycles. The van der Waals surface area contributed by atoms with Crippen molar-refractivity contribution in [1.29, 1.82) is 0 Å². The van der Waals surface area contributed by atoms with Gasteiger partial charge >= 0.3 is 0 Å². The Kier molecular flexibility index (Phi) is 5.51. The van der Waals surface area contributed by atoms with Crippen molar-refractivity contribution in [2.45, 2.75) is 32.0 Å². The molecule has 1 aliphatic rings. The Balaban J connectivity index is 2.34. The summed E-state index contributed by atoms with van der Waals surface area (Å²) < 4.78 is 5.55. The van der Waals surface area contributed by atoms with Gasteiger partial charge in [0.1, 0.15) is 6.61 Å². The molecule has 3 N–H and O–H groups in total. The Bertz CT molecular complexity index is 519. The third-order valence-corrected chi connectivity index (χ3v) is 3.66. The van der Waals surface area contributed by atoms with Crippen molar-refractivity contribution in [3.63, 3.8) is 0 Å². The van der Waals surface area contributed by atoms with Crippen LogP contribution in [0.2, 0.25) is 0 Å². The number of rotatable bonds is 5. The Morgan fingerprint density at radius 1 is 1.41 bits per heavy atom. The molecule has 6 nitrogen and oxygen atoms in total. The van der Waals surface area contributed by atoms with E-state index in [9.17, 15) is 9.59 Å². The first-order valence-electron chi connectivity index (χ1n) is 7.51. The van der Waals surface area contributed by atoms with E-state index in [0.717, 1.165) is 5.56 Å². The highest BCUT2D eigenvalue weighted by molar-refractivity contribution is 5.86. The molecule has 22 heavy (non-hydrogen) atoms. The van der Waals surface area contributed by atoms with Gasteiger partial charge < -0.3 is 20.7 Å². The van der Waals surface area contributed by atoms with Crippen molar-refractivity contribution in [2.75, 3.05) is 19.7 Å². The molecule has 0 aromatic heterocycles. The van der Waals surface area contributed by atoms with E-state index in [1.807, 2.05) is 44.2 Å². The number of nitrogens with two attached hydrogens (primary N) is 1. The number of hydrogen-bond donors (Lipinski definition) is 2. The molecule has 0 bridgehead atoms. The number of nitrogens with one attached hydrogen (secondary N) is 1. The zero-order chi connectivity index (χ0) is 16.1. The third-order valence-electron chi connectivity index (χ3n) is 3.66. The van der Waals surface area contributed by atoms with Gasteiger partial charge in [-0.15, -0.1) is 0 Å². The Morgan fingerprint density at radius 2 is 2.09 bits per heavy atom. The molecule has 0 unspecified atom stereocenters. The maximum Gasteiger partial charge on any atom is 0.251 e. The van der Waals surface area contributed by atoms with Crippen molar-refractivity contribution < 1.29 is 14.3 Å². The first-order chi connectivity index (χ1) is 10.6. The second-order valence-corrected chi connectivity index (χ2v) is 5.56. The number of hydrogen-bond acceptors (Lipinski definition) is 4. The number of carbonyl (C=O) groups excluding carboxylic acids is 2. The predicted octanol–water partition coefficient (Wildman–Crippen LogP) is 0.438. The van der Waals surface area contributed by atoms with Crippen molar-refractivity contribution >= 4 is 11.8 Å². The van der Waals surface area contributed by atoms with Gasteiger partial charge in [0.2, 0.25) is 5.91 Å². The smallest absolute Gasteiger partial charge is 0.251 e. The number of amides is 2. The van der Waals surface area contributed by atoms with Gasteiger partial charge in [-0.2, -0.15) is 0 Å². The summed E-state index contributed by atoms with van der Waals surface area (Å²) in [6, 6.07) is 9.05. The molecule has 6 heteroatoms. The number of ether oxygens (including phenoxy) is 1. The lowest BCUT2D eigenvalue weighted by atomic mass is 9.96. The lowest BCUT2D eigenvalue weighted by molar-refractivity contribution is -0.167. The Morgan fingerprint density at radius 3 is 2.68 bits per heavy atom. The molecule has 2 atom stereocenters. The van der Waals surface area contributed by atoms with Crippen LogP contribution in [0.15, 0.2) is 30.3 Å². The minimum absolute atomic E-state index is 0.0218. The minimum atomic E-state index is -0.728. The second kappa shape index (κ2) is 7.38. The van der Waals surface area contributed by atoms with Gasteiger partial charge in [-0.1, -0.05) is 30.3 Å². The van der Waals surface area contributed by atoms with Crippen LogP contribution in [0, 0.1) is 0 Å². The number of carbonyl (C=O) groups is 2. The summed E-state index contributed by atoms with van der Waals surface area (Å²) in [6.45, 7) is 4.54. The van der Waals surface area contributed by atoms with Crippen molar-refractivity contribution in [1.82, 2.24) is 10.2 Å². The van der Waals surface area contributed by atoms with E-state index in [0.29, 0.717) is 13.1 Å². The van der Waals surface area contributed by atoms with E-state index in [1.54, 1.807) is 4.90 Å². The average Bonchev–Trinajstić information content (AvgIpc) is 2.52. The molecule has 1 aromatic rings. The van der Waals surface area contributed by atoms with Crippen LogP contribution in [0.5, 0.6) is 0 Å². The first kappa shape index (κ1) is 16.5. The molecule has 1 aliphatic heterocycles. The number of nitrogens with zero attached hydrogens (tertiary/aromatic N) is 1. The fourth-order valence-electron chi connectivity index (χ4n) is 2.74. The van der Waals surface area contributed by atoms with Crippen molar-refractivity contribution in [3.8, 4) is 0 Å². The van der Waals surface area contributed by atoms with E-state index in [-0.39, 0.29) is 24.5 Å². The van der Waals surface area contributed by atoms with E-state index in [4.69, 9.17) is 10.5 Å². The van der Waals surface area contributed by atoms with Gasteiger partial charge in [-0.3, -0.25) is 9.59 Å². The van der Waals surface area contributed by atoms with Gasteiger partial charge in [0.15, 0.2) is 6.10 Å². The molecule has 2 amide bonds. The van der Waals surface area contributed by atoms with E-state index >= 15 is 0 Å². The lowest BCUT2D eigenvalue weighted by Gasteiger charge is -2.42. The van der Waals surface area contributed by atoms with E-state index < -0.39 is 12.1 Å². The summed E-state index contributed by atoms with van der Waals surface area (Å²) in [5, 5.41) is 2.75. The largest absolute Gasteiger partial charge is 0.356 e. The number of benzene rings is 1. The van der Waals surface area contributed by atoms with Crippen molar-refractivity contribution in [3.05, 3.63) is 35.9 Å². The zero-order valence-corrected chi connectivity index (χ0v) is 13.0. The Labute approximate surface area is 130 Å². The maximum atomic E-state index is 12.4. The second-order valence-electron chi connectivity index (χ2n) is 5.56. The monoisotopic (exact) mass is 305 g/mol. The van der Waals surface area contributed by atoms with E-state index in [2.05, 4.69) is 5.32 Å². The lowest BCUT2D eigenvalue weighted by Crippen LogP contribution is -2.56. The molecule has 2 rings (SSSR count). The third kappa shape index (κ3) is 3.45. The minimum Gasteiger partial charge on any atom is -0.356 e. The Hall–Kier alpha value is -1.92. The molecular weight excluding hydrogens is 282 g/mol. The standard InChI is InChI=1S/C16H23N3O3/c1-11(2)19-13(20)10-22-15(16(21)18-9-8-17)14(19)12-6-4-3-5-7-12/h3-7,11,14-15H,8-10,17H2,1-2H3,(H,18,21)/t14-,15+/m1/s1. The quantitative estimate of drug-likeness (QED) is 0.826. The van der Waals surface area contributed by atoms with Crippen LogP contribution in [0.25, 0.3) is 0 Å². The van der Waals surface area contributed by atoms with Crippen LogP contribution in [0.4, 0.5) is 0 Å². The molecule has 1 heterocycles. The highest BCUT2D eigenvalue weighted by Crippen LogP contribution is 2.32. The van der Waals surface area contributed by atoms with Crippen LogP contribution in [-0.2, 0) is 14.3 Å². The molecule has 0 saturated carbocycles. The van der Waals surface area contributed by atoms with Gasteiger partial charge in [0.25, 0.3) is 5.91 Å². The van der Waals surface area contributed by atoms with Gasteiger partial charge in [0, 0.05) is 19.1 Å². The fraction of sp³-hybridized carbons (Fsp3) is 0.500. The summed E-state index contributed by atoms with van der Waals surface area (Å²) in [4.78, 5) is 26.4. The molecular formula is C16H23N3O3. The predicted molar refractivity (Wildman–Crippen MR) is 83.0 cm³/mol. The van der Waals surface area contributed by atoms with Gasteiger partial charge in [-0.05, 0) is 19.4 Å². The normalized spacial score (nSPS) is 22.0. The fourth-order valence-corrected chi connectivity index (χ4v) is 2.74. The van der Waals surface area contributed by atoms with Crippen molar-refractivity contribution in [2.24, 2.45) is 5.73 Å². The van der Waals surface area contributed by atoms with Crippen LogP contribution < -0.4 is 11.1 Å². The summed E-state index contributed by atoms with van der Waals surface area (Å²) in [5.41, 5.74) is 6.32. The first-order valence-corrected chi connectivity index (χ1v) is 7.51. The molecule has 1 saturated heterocycles. The summed E-state index contributed by atoms with van der Waals surface area (Å²) in [5.74, 6) is -0.343. The summed E-state index contributed by atoms with van der Waals surface area (Å²) in [7, 11) is 0. The average molecular weight is 305 g/mol. The maximum absolute atomic E-state index is 12.4. The van der Waals surface area contributed by atoms with Crippen LogP contribution in [0.1, 0.15) is 25.5 Å². The van der Waals surface area contributed by atoms with Crippen LogP contribution >= 0.6 is 0 Å². The zero-order valence-electron chi connectivity index (χ0n) is 13.0. The van der Waals surface area contributed by atoms with Crippen LogP contribution in [-0.4, -0.2) is 48.6 Å². The molecule has 120 valence electrons. The summed E-state index contributed by atoms with van der Waals surface area (Å²) in [6.07, 6.45) is -0.728. The van der Waals surface area contributed by atoms with Gasteiger partial charge in [0.05, 0.1) is 6.04 Å². The van der Waals surface area contributed by atoms with Gasteiger partial charge in [-0.25, -0.2) is 0 Å². The molecule has 1 fully saturated rings. The highest BCUT2D eigenvalue weighted by Gasteiger charge is 2.42. The number of morpholine rings is 1. The van der Waals surface area contributed by atoms with E-state index in [1.165, 1.54) is 0 Å². The molecule has 0 radical (unpaired) electrons.